The molecule has 0 aromatic carbocycles. The second-order valence-corrected chi connectivity index (χ2v) is 5.66. The first-order valence-electron chi connectivity index (χ1n) is 6.61. The summed E-state index contributed by atoms with van der Waals surface area (Å²) in [4.78, 5) is 4.63. The molecule has 94 valence electrons. The van der Waals surface area contributed by atoms with Crippen molar-refractivity contribution < 1.29 is 0 Å². The molecular formula is C13H15ClN4. The van der Waals surface area contributed by atoms with Crippen LogP contribution in [0.15, 0.2) is 12.1 Å². The van der Waals surface area contributed by atoms with Crippen molar-refractivity contribution in [2.24, 2.45) is 0 Å². The minimum atomic E-state index is 0.297. The normalized spacial score (nSPS) is 23.9. The Hall–Kier alpha value is -1.13. The van der Waals surface area contributed by atoms with Crippen molar-refractivity contribution >= 4 is 17.2 Å². The van der Waals surface area contributed by atoms with E-state index in [1.165, 1.54) is 24.8 Å². The highest BCUT2D eigenvalue weighted by Crippen LogP contribution is 2.41. The second-order valence-electron chi connectivity index (χ2n) is 5.27. The molecule has 2 fully saturated rings. The van der Waals surface area contributed by atoms with Gasteiger partial charge in [0.1, 0.15) is 5.15 Å². The van der Waals surface area contributed by atoms with Crippen LogP contribution in [-0.4, -0.2) is 21.1 Å². The molecule has 1 aliphatic carbocycles. The number of hydrogen-bond acceptors (Lipinski definition) is 3. The van der Waals surface area contributed by atoms with Crippen LogP contribution in [0.5, 0.6) is 0 Å². The molecule has 1 unspecified atom stereocenters. The van der Waals surface area contributed by atoms with E-state index in [1.54, 1.807) is 4.52 Å². The van der Waals surface area contributed by atoms with E-state index in [4.69, 9.17) is 11.6 Å². The zero-order valence-corrected chi connectivity index (χ0v) is 10.8. The van der Waals surface area contributed by atoms with E-state index in [0.717, 1.165) is 24.4 Å². The Morgan fingerprint density at radius 1 is 1.28 bits per heavy atom. The maximum absolute atomic E-state index is 6.29. The summed E-state index contributed by atoms with van der Waals surface area (Å²) in [6, 6.07) is 4.47. The number of fused-ring (bicyclic) bond motifs is 1. The second kappa shape index (κ2) is 3.93. The first-order chi connectivity index (χ1) is 8.81. The van der Waals surface area contributed by atoms with E-state index < -0.39 is 0 Å². The monoisotopic (exact) mass is 262 g/mol. The van der Waals surface area contributed by atoms with Crippen LogP contribution in [-0.2, 0) is 0 Å². The molecule has 2 aromatic rings. The Morgan fingerprint density at radius 3 is 2.89 bits per heavy atom. The molecule has 18 heavy (non-hydrogen) atoms. The number of hydrogen-bond donors (Lipinski definition) is 1. The third-order valence-electron chi connectivity index (χ3n) is 3.85. The number of halogens is 1. The summed E-state index contributed by atoms with van der Waals surface area (Å²) in [5.41, 5.74) is 2.19. The average molecular weight is 263 g/mol. The molecule has 4 rings (SSSR count). The van der Waals surface area contributed by atoms with Crippen LogP contribution in [0.2, 0.25) is 5.15 Å². The highest BCUT2D eigenvalue weighted by molar-refractivity contribution is 6.29. The number of pyridine rings is 1. The number of aromatic nitrogens is 3. The average Bonchev–Trinajstić information content (AvgIpc) is 2.91. The first-order valence-corrected chi connectivity index (χ1v) is 6.98. The Kier molecular flexibility index (Phi) is 2.35. The van der Waals surface area contributed by atoms with Crippen molar-refractivity contribution in [1.82, 2.24) is 19.9 Å². The van der Waals surface area contributed by atoms with Crippen LogP contribution in [0.25, 0.3) is 5.65 Å². The lowest BCUT2D eigenvalue weighted by molar-refractivity contribution is 0.604. The summed E-state index contributed by atoms with van der Waals surface area (Å²) in [5.74, 6) is 1.57. The molecule has 3 heterocycles. The van der Waals surface area contributed by atoms with Crippen LogP contribution < -0.4 is 5.32 Å². The molecule has 1 atom stereocenters. The van der Waals surface area contributed by atoms with Crippen molar-refractivity contribution in [3.8, 4) is 0 Å². The van der Waals surface area contributed by atoms with Crippen LogP contribution in [0.3, 0.4) is 0 Å². The van der Waals surface area contributed by atoms with Crippen molar-refractivity contribution in [2.75, 3.05) is 6.54 Å². The summed E-state index contributed by atoms with van der Waals surface area (Å²) in [6.45, 7) is 1.06. The molecular weight excluding hydrogens is 248 g/mol. The van der Waals surface area contributed by atoms with E-state index in [1.807, 2.05) is 6.07 Å². The van der Waals surface area contributed by atoms with Gasteiger partial charge in [0.05, 0.1) is 6.04 Å². The highest BCUT2D eigenvalue weighted by Gasteiger charge is 2.26. The third kappa shape index (κ3) is 1.71. The van der Waals surface area contributed by atoms with Gasteiger partial charge in [0.15, 0.2) is 11.5 Å². The smallest absolute Gasteiger partial charge is 0.168 e. The summed E-state index contributed by atoms with van der Waals surface area (Å²) in [7, 11) is 0. The Bertz CT molecular complexity index is 596. The number of nitrogens with one attached hydrogen (secondary N) is 1. The number of rotatable bonds is 2. The summed E-state index contributed by atoms with van der Waals surface area (Å²) in [6.07, 6.45) is 4.86. The van der Waals surface area contributed by atoms with Gasteiger partial charge in [0, 0.05) is 0 Å². The quantitative estimate of drug-likeness (QED) is 0.846. The van der Waals surface area contributed by atoms with Crippen LogP contribution >= 0.6 is 11.6 Å². The van der Waals surface area contributed by atoms with Crippen LogP contribution in [0.1, 0.15) is 49.0 Å². The molecule has 1 N–H and O–H groups in total. The van der Waals surface area contributed by atoms with Crippen LogP contribution in [0, 0.1) is 0 Å². The maximum atomic E-state index is 6.29. The van der Waals surface area contributed by atoms with Gasteiger partial charge in [-0.05, 0) is 55.8 Å². The van der Waals surface area contributed by atoms with Gasteiger partial charge in [0.25, 0.3) is 0 Å². The third-order valence-corrected chi connectivity index (χ3v) is 4.12. The Balaban J connectivity index is 1.80. The van der Waals surface area contributed by atoms with Gasteiger partial charge in [-0.25, -0.2) is 9.50 Å². The topological polar surface area (TPSA) is 42.2 Å². The molecule has 2 aliphatic rings. The fraction of sp³-hybridized carbons (Fsp3) is 0.538. The van der Waals surface area contributed by atoms with E-state index >= 15 is 0 Å². The molecule has 0 bridgehead atoms. The van der Waals surface area contributed by atoms with Crippen LogP contribution in [0.4, 0.5) is 0 Å². The summed E-state index contributed by atoms with van der Waals surface area (Å²) >= 11 is 6.29. The lowest BCUT2D eigenvalue weighted by atomic mass is 10.2. The SMILES string of the molecule is Clc1cc(C2CC2)cc2nc(C3CCCN3)nn12. The van der Waals surface area contributed by atoms with Gasteiger partial charge in [-0.2, -0.15) is 0 Å². The van der Waals surface area contributed by atoms with Gasteiger partial charge in [-0.1, -0.05) is 11.6 Å². The minimum Gasteiger partial charge on any atom is -0.307 e. The fourth-order valence-corrected chi connectivity index (χ4v) is 2.94. The number of nitrogens with zero attached hydrogens (tertiary/aromatic N) is 3. The molecule has 4 nitrogen and oxygen atoms in total. The first kappa shape index (κ1) is 10.8. The van der Waals surface area contributed by atoms with E-state index in [2.05, 4.69) is 21.5 Å². The van der Waals surface area contributed by atoms with Gasteiger partial charge in [0.2, 0.25) is 0 Å². The van der Waals surface area contributed by atoms with Gasteiger partial charge in [-0.3, -0.25) is 0 Å². The molecule has 5 heteroatoms. The van der Waals surface area contributed by atoms with Crippen molar-refractivity contribution in [3.05, 3.63) is 28.7 Å². The molecule has 0 spiro atoms. The zero-order valence-electron chi connectivity index (χ0n) is 10.1. The van der Waals surface area contributed by atoms with Crippen molar-refractivity contribution in [1.29, 1.82) is 0 Å². The van der Waals surface area contributed by atoms with Crippen molar-refractivity contribution in [2.45, 2.75) is 37.6 Å². The van der Waals surface area contributed by atoms with Gasteiger partial charge >= 0.3 is 0 Å². The highest BCUT2D eigenvalue weighted by atomic mass is 35.5. The zero-order chi connectivity index (χ0) is 12.1. The predicted octanol–water partition coefficient (Wildman–Crippen LogP) is 2.68. The molecule has 1 aliphatic heterocycles. The Labute approximate surface area is 110 Å². The van der Waals surface area contributed by atoms with E-state index in [9.17, 15) is 0 Å². The largest absolute Gasteiger partial charge is 0.307 e. The predicted molar refractivity (Wildman–Crippen MR) is 69.9 cm³/mol. The fourth-order valence-electron chi connectivity index (χ4n) is 2.69. The lowest BCUT2D eigenvalue weighted by Crippen LogP contribution is -2.14. The van der Waals surface area contributed by atoms with Gasteiger partial charge in [-0.15, -0.1) is 5.10 Å². The molecule has 0 radical (unpaired) electrons. The minimum absolute atomic E-state index is 0.297. The lowest BCUT2D eigenvalue weighted by Gasteiger charge is -2.02. The molecule has 1 saturated carbocycles. The molecule has 1 saturated heterocycles. The van der Waals surface area contributed by atoms with E-state index in [-0.39, 0.29) is 0 Å². The molecule has 0 amide bonds. The van der Waals surface area contributed by atoms with Crippen molar-refractivity contribution in [3.63, 3.8) is 0 Å². The summed E-state index contributed by atoms with van der Waals surface area (Å²) in [5, 5.41) is 8.62. The summed E-state index contributed by atoms with van der Waals surface area (Å²) < 4.78 is 1.75. The Morgan fingerprint density at radius 2 is 2.17 bits per heavy atom. The maximum Gasteiger partial charge on any atom is 0.168 e. The van der Waals surface area contributed by atoms with E-state index in [0.29, 0.717) is 17.1 Å². The standard InChI is InChI=1S/C13H15ClN4/c14-11-6-9(8-3-4-8)7-12-16-13(17-18(11)12)10-2-1-5-15-10/h6-8,10,15H,1-5H2. The van der Waals surface area contributed by atoms with Gasteiger partial charge < -0.3 is 5.32 Å². The molecule has 2 aromatic heterocycles.